The first-order chi connectivity index (χ1) is 11.0. The van der Waals surface area contributed by atoms with Crippen LogP contribution >= 0.6 is 0 Å². The Hall–Kier alpha value is -1.94. The number of carbonyl (C=O) groups is 1. The first kappa shape index (κ1) is 17.4. The van der Waals surface area contributed by atoms with Gasteiger partial charge in [-0.3, -0.25) is 9.59 Å². The molecule has 2 N–H and O–H groups in total. The van der Waals surface area contributed by atoms with Crippen LogP contribution < -0.4 is 10.3 Å². The molecule has 0 aliphatic heterocycles. The summed E-state index contributed by atoms with van der Waals surface area (Å²) in [7, 11) is 0. The molecule has 0 atom stereocenters. The molecule has 0 aliphatic carbocycles. The van der Waals surface area contributed by atoms with Crippen molar-refractivity contribution in [3.63, 3.8) is 0 Å². The number of hydrogen-bond donors (Lipinski definition) is 2. The van der Waals surface area contributed by atoms with E-state index in [-0.39, 0.29) is 11.2 Å². The number of rotatable bonds is 7. The number of Topliss-reactive ketones (excluding diaryl/α,β-unsaturated/α-hetero) is 1. The minimum Gasteiger partial charge on any atom is -0.358 e. The Labute approximate surface area is 137 Å². The Morgan fingerprint density at radius 1 is 1.17 bits per heavy atom. The Kier molecular flexibility index (Phi) is 5.72. The van der Waals surface area contributed by atoms with E-state index in [2.05, 4.69) is 18.8 Å². The van der Waals surface area contributed by atoms with Crippen molar-refractivity contribution >= 4 is 16.7 Å². The maximum absolute atomic E-state index is 12.9. The van der Waals surface area contributed by atoms with Gasteiger partial charge in [-0.2, -0.15) is 0 Å². The highest BCUT2D eigenvalue weighted by atomic mass is 16.1. The van der Waals surface area contributed by atoms with E-state index >= 15 is 0 Å². The summed E-state index contributed by atoms with van der Waals surface area (Å²) in [4.78, 5) is 29.3. The van der Waals surface area contributed by atoms with Crippen LogP contribution in [0.2, 0.25) is 0 Å². The predicted molar refractivity (Wildman–Crippen MR) is 94.3 cm³/mol. The second-order valence-electron chi connectivity index (χ2n) is 6.30. The first-order valence-corrected chi connectivity index (χ1v) is 8.47. The topological polar surface area (TPSA) is 54.4 Å². The molecule has 2 rings (SSSR count). The van der Waals surface area contributed by atoms with Crippen LogP contribution in [-0.4, -0.2) is 23.9 Å². The molecule has 0 amide bonds. The van der Waals surface area contributed by atoms with Gasteiger partial charge in [0.2, 0.25) is 0 Å². The molecule has 2 aromatic rings. The van der Waals surface area contributed by atoms with Crippen LogP contribution in [0.4, 0.5) is 0 Å². The molecule has 0 bridgehead atoms. The van der Waals surface area contributed by atoms with Gasteiger partial charge in [-0.25, -0.2) is 0 Å². The fourth-order valence-corrected chi connectivity index (χ4v) is 3.14. The van der Waals surface area contributed by atoms with Crippen LogP contribution in [0.15, 0.2) is 23.0 Å². The minimum absolute atomic E-state index is 0.0161. The van der Waals surface area contributed by atoms with Gasteiger partial charge >= 0.3 is 0 Å². The van der Waals surface area contributed by atoms with Crippen molar-refractivity contribution in [2.24, 2.45) is 0 Å². The molecule has 0 saturated heterocycles. The average molecular weight is 315 g/mol. The summed E-state index contributed by atoms with van der Waals surface area (Å²) in [5, 5.41) is 0.616. The third-order valence-corrected chi connectivity index (χ3v) is 4.35. The number of quaternary nitrogens is 1. The summed E-state index contributed by atoms with van der Waals surface area (Å²) in [6.07, 6.45) is 2.21. The van der Waals surface area contributed by atoms with Gasteiger partial charge < -0.3 is 9.88 Å². The number of pyridine rings is 1. The van der Waals surface area contributed by atoms with Gasteiger partial charge in [0.05, 0.1) is 18.7 Å². The third kappa shape index (κ3) is 3.88. The number of ketones is 1. The molecular weight excluding hydrogens is 288 g/mol. The zero-order chi connectivity index (χ0) is 17.0. The van der Waals surface area contributed by atoms with Crippen molar-refractivity contribution < 1.29 is 9.69 Å². The number of aromatic amines is 1. The maximum atomic E-state index is 12.9. The standard InChI is InChI=1S/C19H26N2O2/c1-5-9-21(10-6-2)12-17-13(3)20-18-8-7-15(14(4)22)11-16(18)19(17)23/h7-8,11H,5-6,9-10,12H2,1-4H3,(H,20,23)/p+1. The van der Waals surface area contributed by atoms with E-state index in [1.165, 1.54) is 11.8 Å². The van der Waals surface area contributed by atoms with Gasteiger partial charge in [0.1, 0.15) is 6.54 Å². The molecule has 1 aromatic heterocycles. The highest BCUT2D eigenvalue weighted by Gasteiger charge is 2.16. The van der Waals surface area contributed by atoms with Crippen molar-refractivity contribution in [1.82, 2.24) is 4.98 Å². The van der Waals surface area contributed by atoms with Crippen molar-refractivity contribution in [1.29, 1.82) is 0 Å². The average Bonchev–Trinajstić information content (AvgIpc) is 2.51. The summed E-state index contributed by atoms with van der Waals surface area (Å²) >= 11 is 0. The number of carbonyl (C=O) groups excluding carboxylic acids is 1. The Balaban J connectivity index is 2.50. The molecule has 23 heavy (non-hydrogen) atoms. The minimum atomic E-state index is -0.0161. The van der Waals surface area contributed by atoms with Crippen LogP contribution in [0, 0.1) is 6.92 Å². The lowest BCUT2D eigenvalue weighted by atomic mass is 10.0. The van der Waals surface area contributed by atoms with Gasteiger partial charge in [0.25, 0.3) is 0 Å². The molecule has 1 heterocycles. The molecule has 0 saturated carbocycles. The summed E-state index contributed by atoms with van der Waals surface area (Å²) in [6, 6.07) is 5.32. The van der Waals surface area contributed by atoms with Crippen LogP contribution in [-0.2, 0) is 6.54 Å². The summed E-state index contributed by atoms with van der Waals surface area (Å²) < 4.78 is 0. The Bertz CT molecular complexity index is 756. The van der Waals surface area contributed by atoms with E-state index in [9.17, 15) is 9.59 Å². The number of aromatic nitrogens is 1. The maximum Gasteiger partial charge on any atom is 0.198 e. The van der Waals surface area contributed by atoms with E-state index in [4.69, 9.17) is 0 Å². The molecule has 124 valence electrons. The molecule has 0 aliphatic rings. The second kappa shape index (κ2) is 7.55. The van der Waals surface area contributed by atoms with Gasteiger partial charge in [0.15, 0.2) is 11.2 Å². The summed E-state index contributed by atoms with van der Waals surface area (Å²) in [5.74, 6) is -0.0161. The highest BCUT2D eigenvalue weighted by Crippen LogP contribution is 2.14. The van der Waals surface area contributed by atoms with Crippen molar-refractivity contribution in [3.05, 3.63) is 45.2 Å². The largest absolute Gasteiger partial charge is 0.358 e. The van der Waals surface area contributed by atoms with Gasteiger partial charge in [0, 0.05) is 22.2 Å². The molecule has 0 spiro atoms. The third-order valence-electron chi connectivity index (χ3n) is 4.35. The van der Waals surface area contributed by atoms with Crippen molar-refractivity contribution in [2.75, 3.05) is 13.1 Å². The highest BCUT2D eigenvalue weighted by molar-refractivity contribution is 5.97. The number of nitrogens with one attached hydrogen (secondary N) is 2. The molecule has 0 radical (unpaired) electrons. The van der Waals surface area contributed by atoms with E-state index in [1.54, 1.807) is 12.1 Å². The molecule has 4 heteroatoms. The predicted octanol–water partition coefficient (Wildman–Crippen LogP) is 2.24. The van der Waals surface area contributed by atoms with E-state index in [0.29, 0.717) is 10.9 Å². The van der Waals surface area contributed by atoms with E-state index < -0.39 is 0 Å². The molecular formula is C19H27N2O2+. The Morgan fingerprint density at radius 3 is 2.39 bits per heavy atom. The Morgan fingerprint density at radius 2 is 1.83 bits per heavy atom. The quantitative estimate of drug-likeness (QED) is 0.770. The van der Waals surface area contributed by atoms with Crippen molar-refractivity contribution in [3.8, 4) is 0 Å². The smallest absolute Gasteiger partial charge is 0.198 e. The van der Waals surface area contributed by atoms with Gasteiger partial charge in [-0.05, 0) is 44.9 Å². The van der Waals surface area contributed by atoms with Crippen molar-refractivity contribution in [2.45, 2.75) is 47.1 Å². The normalized spacial score (nSPS) is 11.3. The first-order valence-electron chi connectivity index (χ1n) is 8.47. The number of aryl methyl sites for hydroxylation is 1. The van der Waals surface area contributed by atoms with Crippen LogP contribution in [0.25, 0.3) is 10.9 Å². The number of H-pyrrole nitrogens is 1. The molecule has 1 aromatic carbocycles. The van der Waals surface area contributed by atoms with E-state index in [1.807, 2.05) is 13.0 Å². The van der Waals surface area contributed by atoms with Gasteiger partial charge in [-0.15, -0.1) is 0 Å². The number of benzene rings is 1. The van der Waals surface area contributed by atoms with Crippen LogP contribution in [0.5, 0.6) is 0 Å². The zero-order valence-electron chi connectivity index (χ0n) is 14.6. The fourth-order valence-electron chi connectivity index (χ4n) is 3.14. The van der Waals surface area contributed by atoms with Gasteiger partial charge in [-0.1, -0.05) is 13.8 Å². The monoisotopic (exact) mass is 315 g/mol. The molecule has 0 fully saturated rings. The lowest BCUT2D eigenvalue weighted by molar-refractivity contribution is -0.914. The number of hydrogen-bond acceptors (Lipinski definition) is 2. The summed E-state index contributed by atoms with van der Waals surface area (Å²) in [6.45, 7) is 10.7. The van der Waals surface area contributed by atoms with E-state index in [0.717, 1.165) is 49.2 Å². The fraction of sp³-hybridized carbons (Fsp3) is 0.474. The van der Waals surface area contributed by atoms with Crippen LogP contribution in [0.1, 0.15) is 55.2 Å². The number of fused-ring (bicyclic) bond motifs is 1. The summed E-state index contributed by atoms with van der Waals surface area (Å²) in [5.41, 5.74) is 3.22. The SMILES string of the molecule is CCC[NH+](CCC)Cc1c(C)[nH]c2ccc(C(C)=O)cc2c1=O. The van der Waals surface area contributed by atoms with Crippen LogP contribution in [0.3, 0.4) is 0 Å². The lowest BCUT2D eigenvalue weighted by Gasteiger charge is -2.19. The molecule has 0 unspecified atom stereocenters. The lowest BCUT2D eigenvalue weighted by Crippen LogP contribution is -3.10. The molecule has 4 nitrogen and oxygen atoms in total. The zero-order valence-corrected chi connectivity index (χ0v) is 14.6. The second-order valence-corrected chi connectivity index (χ2v) is 6.30.